The van der Waals surface area contributed by atoms with E-state index in [-0.39, 0.29) is 28.3 Å². The number of hydrogen-bond donors (Lipinski definition) is 2. The highest BCUT2D eigenvalue weighted by molar-refractivity contribution is 5.81. The van der Waals surface area contributed by atoms with Crippen LogP contribution in [0.2, 0.25) is 0 Å². The minimum Gasteiger partial charge on any atom is -0.507 e. The number of rotatable bonds is 2. The van der Waals surface area contributed by atoms with Gasteiger partial charge in [-0.15, -0.1) is 0 Å². The Morgan fingerprint density at radius 1 is 1.24 bits per heavy atom. The smallest absolute Gasteiger partial charge is 0.270 e. The molecule has 0 aliphatic heterocycles. The quantitative estimate of drug-likeness (QED) is 0.554. The number of hydrogen-bond acceptors (Lipinski definition) is 6. The van der Waals surface area contributed by atoms with Gasteiger partial charge >= 0.3 is 0 Å². The van der Waals surface area contributed by atoms with E-state index in [2.05, 4.69) is 4.98 Å². The van der Waals surface area contributed by atoms with Gasteiger partial charge in [0.2, 0.25) is 11.4 Å². The summed E-state index contributed by atoms with van der Waals surface area (Å²) >= 11 is 0. The molecule has 7 heteroatoms. The maximum atomic E-state index is 10.7. The second-order valence-corrected chi connectivity index (χ2v) is 4.32. The predicted octanol–water partition coefficient (Wildman–Crippen LogP) is 2.59. The summed E-state index contributed by atoms with van der Waals surface area (Å²) in [5.74, 6) is 0.0638. The van der Waals surface area contributed by atoms with Crippen molar-refractivity contribution in [3.05, 3.63) is 58.1 Å². The van der Waals surface area contributed by atoms with Crippen molar-refractivity contribution in [1.82, 2.24) is 4.98 Å². The Balaban J connectivity index is 2.26. The van der Waals surface area contributed by atoms with Gasteiger partial charge in [0.25, 0.3) is 5.69 Å². The summed E-state index contributed by atoms with van der Waals surface area (Å²) in [7, 11) is 0. The largest absolute Gasteiger partial charge is 0.507 e. The van der Waals surface area contributed by atoms with E-state index in [1.165, 1.54) is 24.3 Å². The predicted molar refractivity (Wildman–Crippen MR) is 73.6 cm³/mol. The van der Waals surface area contributed by atoms with Crippen molar-refractivity contribution in [3.63, 3.8) is 0 Å². The fraction of sp³-hybridized carbons (Fsp3) is 0. The SMILES string of the molecule is N=c1oc(-c2ccccc2O)nc2ccc([N+](=O)[O-])cc12. The van der Waals surface area contributed by atoms with E-state index in [1.807, 2.05) is 0 Å². The van der Waals surface area contributed by atoms with E-state index < -0.39 is 4.92 Å². The van der Waals surface area contributed by atoms with Crippen molar-refractivity contribution in [3.8, 4) is 17.2 Å². The van der Waals surface area contributed by atoms with Crippen LogP contribution in [0.5, 0.6) is 5.75 Å². The van der Waals surface area contributed by atoms with Crippen molar-refractivity contribution in [2.75, 3.05) is 0 Å². The molecule has 0 saturated carbocycles. The first-order valence-electron chi connectivity index (χ1n) is 5.98. The molecule has 0 bridgehead atoms. The molecule has 0 radical (unpaired) electrons. The molecule has 3 rings (SSSR count). The van der Waals surface area contributed by atoms with E-state index in [0.717, 1.165) is 0 Å². The lowest BCUT2D eigenvalue weighted by molar-refractivity contribution is -0.384. The van der Waals surface area contributed by atoms with E-state index >= 15 is 0 Å². The lowest BCUT2D eigenvalue weighted by Gasteiger charge is -2.04. The van der Waals surface area contributed by atoms with Gasteiger partial charge in [0.1, 0.15) is 5.75 Å². The summed E-state index contributed by atoms with van der Waals surface area (Å²) < 4.78 is 5.27. The number of phenolic OH excluding ortho intramolecular Hbond substituents is 1. The summed E-state index contributed by atoms with van der Waals surface area (Å²) in [4.78, 5) is 14.4. The van der Waals surface area contributed by atoms with Crippen LogP contribution >= 0.6 is 0 Å². The summed E-state index contributed by atoms with van der Waals surface area (Å²) in [6, 6.07) is 10.4. The second-order valence-electron chi connectivity index (χ2n) is 4.32. The molecule has 2 N–H and O–H groups in total. The average molecular weight is 283 g/mol. The minimum absolute atomic E-state index is 0.0191. The molecule has 7 nitrogen and oxygen atoms in total. The van der Waals surface area contributed by atoms with Crippen LogP contribution in [0, 0.1) is 15.5 Å². The van der Waals surface area contributed by atoms with Gasteiger partial charge in [-0.2, -0.15) is 0 Å². The van der Waals surface area contributed by atoms with Gasteiger partial charge in [-0.1, -0.05) is 12.1 Å². The van der Waals surface area contributed by atoms with Crippen molar-refractivity contribution in [1.29, 1.82) is 5.41 Å². The lowest BCUT2D eigenvalue weighted by Crippen LogP contribution is -2.04. The fourth-order valence-corrected chi connectivity index (χ4v) is 1.97. The molecule has 3 aromatic rings. The van der Waals surface area contributed by atoms with Gasteiger partial charge in [-0.3, -0.25) is 15.5 Å². The van der Waals surface area contributed by atoms with Crippen LogP contribution in [0.1, 0.15) is 0 Å². The van der Waals surface area contributed by atoms with Gasteiger partial charge in [0.05, 0.1) is 21.4 Å². The number of aromatic nitrogens is 1. The van der Waals surface area contributed by atoms with Gasteiger partial charge in [0, 0.05) is 12.1 Å². The molecular weight excluding hydrogens is 274 g/mol. The number of para-hydroxylation sites is 1. The summed E-state index contributed by atoms with van der Waals surface area (Å²) in [6.07, 6.45) is 0. The average Bonchev–Trinajstić information content (AvgIpc) is 2.47. The number of nitro benzene ring substituents is 1. The lowest BCUT2D eigenvalue weighted by atomic mass is 10.2. The number of nitro groups is 1. The van der Waals surface area contributed by atoms with E-state index in [4.69, 9.17) is 9.83 Å². The summed E-state index contributed by atoms with van der Waals surface area (Å²) in [5.41, 5.74) is 0.353. The van der Waals surface area contributed by atoms with Gasteiger partial charge < -0.3 is 9.52 Å². The molecule has 0 saturated heterocycles. The third kappa shape index (κ3) is 2.20. The van der Waals surface area contributed by atoms with Crippen molar-refractivity contribution in [2.45, 2.75) is 0 Å². The first-order chi connectivity index (χ1) is 10.1. The first-order valence-corrected chi connectivity index (χ1v) is 5.98. The Hall–Kier alpha value is -3.22. The molecule has 21 heavy (non-hydrogen) atoms. The van der Waals surface area contributed by atoms with Crippen LogP contribution in [-0.2, 0) is 0 Å². The molecule has 0 aliphatic rings. The van der Waals surface area contributed by atoms with Crippen molar-refractivity contribution in [2.24, 2.45) is 0 Å². The molecule has 0 aliphatic carbocycles. The zero-order valence-electron chi connectivity index (χ0n) is 10.6. The van der Waals surface area contributed by atoms with Crippen LogP contribution in [-0.4, -0.2) is 15.0 Å². The number of fused-ring (bicyclic) bond motifs is 1. The normalized spacial score (nSPS) is 10.7. The van der Waals surface area contributed by atoms with E-state index in [9.17, 15) is 15.2 Å². The number of benzene rings is 2. The highest BCUT2D eigenvalue weighted by atomic mass is 16.6. The first kappa shape index (κ1) is 12.8. The zero-order valence-corrected chi connectivity index (χ0v) is 10.6. The van der Waals surface area contributed by atoms with Crippen molar-refractivity contribution < 1.29 is 14.4 Å². The van der Waals surface area contributed by atoms with E-state index in [0.29, 0.717) is 11.1 Å². The number of phenols is 1. The molecule has 0 unspecified atom stereocenters. The molecule has 0 atom stereocenters. The highest BCUT2D eigenvalue weighted by Crippen LogP contribution is 2.27. The monoisotopic (exact) mass is 283 g/mol. The Bertz CT molecular complexity index is 917. The molecule has 2 aromatic carbocycles. The topological polar surface area (TPSA) is 113 Å². The Morgan fingerprint density at radius 2 is 2.00 bits per heavy atom. The van der Waals surface area contributed by atoms with Gasteiger partial charge in [-0.05, 0) is 18.2 Å². The maximum Gasteiger partial charge on any atom is 0.270 e. The Kier molecular flexibility index (Phi) is 2.87. The molecule has 0 amide bonds. The Labute approximate surface area is 117 Å². The van der Waals surface area contributed by atoms with Crippen LogP contribution in [0.15, 0.2) is 46.9 Å². The molecule has 0 spiro atoms. The number of aromatic hydroxyl groups is 1. The van der Waals surface area contributed by atoms with Crippen LogP contribution in [0.3, 0.4) is 0 Å². The van der Waals surface area contributed by atoms with Gasteiger partial charge in [0.15, 0.2) is 0 Å². The highest BCUT2D eigenvalue weighted by Gasteiger charge is 2.13. The maximum absolute atomic E-state index is 10.7. The number of non-ortho nitro benzene ring substituents is 1. The molecule has 1 heterocycles. The third-order valence-electron chi connectivity index (χ3n) is 2.99. The molecule has 1 aromatic heterocycles. The van der Waals surface area contributed by atoms with E-state index in [1.54, 1.807) is 18.2 Å². The van der Waals surface area contributed by atoms with Crippen molar-refractivity contribution >= 4 is 16.6 Å². The molecule has 104 valence electrons. The zero-order chi connectivity index (χ0) is 15.0. The fourth-order valence-electron chi connectivity index (χ4n) is 1.97. The van der Waals surface area contributed by atoms with Crippen LogP contribution in [0.25, 0.3) is 22.4 Å². The third-order valence-corrected chi connectivity index (χ3v) is 2.99. The van der Waals surface area contributed by atoms with Crippen LogP contribution < -0.4 is 5.55 Å². The Morgan fingerprint density at radius 3 is 2.71 bits per heavy atom. The number of nitrogens with zero attached hydrogens (tertiary/aromatic N) is 2. The van der Waals surface area contributed by atoms with Crippen LogP contribution in [0.4, 0.5) is 5.69 Å². The summed E-state index contributed by atoms with van der Waals surface area (Å²) in [5, 5.41) is 28.6. The van der Waals surface area contributed by atoms with Gasteiger partial charge in [-0.25, -0.2) is 4.98 Å². The standard InChI is InChI=1S/C14H9N3O4/c15-13-10-7-8(17(19)20)5-6-11(10)16-14(21-13)9-3-1-2-4-12(9)18/h1-7,15,18H. The second kappa shape index (κ2) is 4.71. The molecular formula is C14H9N3O4. The minimum atomic E-state index is -0.546. The number of nitrogens with one attached hydrogen (secondary N) is 1. The molecule has 0 fully saturated rings. The summed E-state index contributed by atoms with van der Waals surface area (Å²) in [6.45, 7) is 0.